The van der Waals surface area contributed by atoms with Gasteiger partial charge in [-0.15, -0.1) is 0 Å². The minimum absolute atomic E-state index is 0.340. The number of nitrogens with one attached hydrogen (secondary N) is 1. The van der Waals surface area contributed by atoms with Crippen molar-refractivity contribution >= 4 is 30.4 Å². The zero-order valence-corrected chi connectivity index (χ0v) is 26.1. The molecule has 0 aliphatic heterocycles. The van der Waals surface area contributed by atoms with Crippen molar-refractivity contribution in [2.45, 2.75) is 111 Å². The molecule has 0 aliphatic rings. The third kappa shape index (κ3) is 12.3. The van der Waals surface area contributed by atoms with E-state index in [0.29, 0.717) is 12.0 Å². The molecule has 5 nitrogen and oxygen atoms in total. The molecule has 6 heteroatoms. The van der Waals surface area contributed by atoms with Gasteiger partial charge in [0.05, 0.1) is 0 Å². The van der Waals surface area contributed by atoms with Gasteiger partial charge in [-0.25, -0.2) is 0 Å². The van der Waals surface area contributed by atoms with Crippen molar-refractivity contribution in [3.63, 3.8) is 0 Å². The van der Waals surface area contributed by atoms with Crippen LogP contribution in [0, 0.1) is 0 Å². The second-order valence-corrected chi connectivity index (χ2v) is 23.5. The Balaban J connectivity index is 3.56. The molecule has 1 rings (SSSR count). The molecular formula is C29H49NO4Sn. The Kier molecular flexibility index (Phi) is 14.7. The fraction of sp³-hybridized carbons (Fsp3) is 0.655. The third-order valence-corrected chi connectivity index (χ3v) is 20.5. The molecule has 0 radical (unpaired) electrons. The first-order valence-electron chi connectivity index (χ1n) is 13.4. The number of carbonyl (C=O) groups excluding carboxylic acids is 2. The van der Waals surface area contributed by atoms with Crippen LogP contribution in [-0.4, -0.2) is 49.2 Å². The SMILES string of the molecule is CCC[CH2][Sn](/[CH]=C(\C(=O)OC)[C@H](Cc1ccccc1)NC(=O)OC(C)(C)C)([CH2]CCC)[CH2]CCC. The van der Waals surface area contributed by atoms with Crippen LogP contribution in [0.5, 0.6) is 0 Å². The van der Waals surface area contributed by atoms with Gasteiger partial charge in [0.1, 0.15) is 0 Å². The normalized spacial score (nSPS) is 13.3. The van der Waals surface area contributed by atoms with Crippen LogP contribution in [0.4, 0.5) is 4.79 Å². The van der Waals surface area contributed by atoms with E-state index in [9.17, 15) is 9.59 Å². The van der Waals surface area contributed by atoms with Crippen LogP contribution in [0.25, 0.3) is 0 Å². The van der Waals surface area contributed by atoms with E-state index < -0.39 is 36.1 Å². The van der Waals surface area contributed by atoms with Crippen molar-refractivity contribution in [2.75, 3.05) is 7.11 Å². The zero-order chi connectivity index (χ0) is 26.3. The molecule has 0 saturated carbocycles. The molecule has 0 spiro atoms. The molecule has 1 amide bonds. The van der Waals surface area contributed by atoms with Gasteiger partial charge in [0.2, 0.25) is 0 Å². The summed E-state index contributed by atoms with van der Waals surface area (Å²) in [5.74, 6) is -0.340. The molecule has 0 fully saturated rings. The number of ether oxygens (including phenoxy) is 2. The fourth-order valence-electron chi connectivity index (χ4n) is 4.47. The second-order valence-electron chi connectivity index (χ2n) is 10.7. The van der Waals surface area contributed by atoms with Crippen LogP contribution in [0.1, 0.15) is 85.6 Å². The Morgan fingerprint density at radius 3 is 1.89 bits per heavy atom. The first-order valence-corrected chi connectivity index (χ1v) is 21.1. The van der Waals surface area contributed by atoms with Crippen LogP contribution < -0.4 is 5.32 Å². The molecule has 198 valence electrons. The van der Waals surface area contributed by atoms with Gasteiger partial charge < -0.3 is 0 Å². The summed E-state index contributed by atoms with van der Waals surface area (Å²) in [6.07, 6.45) is 7.04. The second kappa shape index (κ2) is 16.3. The average molecular weight is 594 g/mol. The molecule has 1 N–H and O–H groups in total. The first kappa shape index (κ1) is 31.5. The van der Waals surface area contributed by atoms with E-state index in [0.717, 1.165) is 24.8 Å². The average Bonchev–Trinajstić information content (AvgIpc) is 2.81. The molecular weight excluding hydrogens is 545 g/mol. The van der Waals surface area contributed by atoms with Gasteiger partial charge >= 0.3 is 219 Å². The van der Waals surface area contributed by atoms with E-state index in [-0.39, 0.29) is 5.97 Å². The van der Waals surface area contributed by atoms with Crippen molar-refractivity contribution in [1.82, 2.24) is 5.32 Å². The Morgan fingerprint density at radius 2 is 1.46 bits per heavy atom. The molecule has 35 heavy (non-hydrogen) atoms. The number of hydrogen-bond acceptors (Lipinski definition) is 4. The molecule has 0 saturated heterocycles. The van der Waals surface area contributed by atoms with Crippen molar-refractivity contribution in [3.05, 3.63) is 45.6 Å². The van der Waals surface area contributed by atoms with E-state index in [2.05, 4.69) is 30.2 Å². The molecule has 1 atom stereocenters. The number of amides is 1. The van der Waals surface area contributed by atoms with Gasteiger partial charge in [-0.2, -0.15) is 0 Å². The van der Waals surface area contributed by atoms with Crippen LogP contribution in [0.2, 0.25) is 13.3 Å². The Labute approximate surface area is 218 Å². The molecule has 0 aliphatic carbocycles. The van der Waals surface area contributed by atoms with E-state index in [1.165, 1.54) is 39.7 Å². The van der Waals surface area contributed by atoms with Gasteiger partial charge in [0.25, 0.3) is 0 Å². The summed E-state index contributed by atoms with van der Waals surface area (Å²) in [6.45, 7) is 12.3. The number of benzene rings is 1. The van der Waals surface area contributed by atoms with Gasteiger partial charge in [0.15, 0.2) is 0 Å². The van der Waals surface area contributed by atoms with Crippen molar-refractivity contribution in [2.24, 2.45) is 0 Å². The molecule has 0 heterocycles. The number of carbonyl (C=O) groups is 2. The van der Waals surface area contributed by atoms with Gasteiger partial charge in [0, 0.05) is 0 Å². The number of esters is 1. The fourth-order valence-corrected chi connectivity index (χ4v) is 19.7. The Bertz CT molecular complexity index is 764. The Morgan fingerprint density at radius 1 is 0.943 bits per heavy atom. The first-order chi connectivity index (χ1) is 16.6. The summed E-state index contributed by atoms with van der Waals surface area (Å²) < 4.78 is 17.0. The summed E-state index contributed by atoms with van der Waals surface area (Å²) in [7, 11) is 1.44. The van der Waals surface area contributed by atoms with Crippen LogP contribution in [0.15, 0.2) is 40.0 Å². The summed E-state index contributed by atoms with van der Waals surface area (Å²) in [6, 6.07) is 9.49. The monoisotopic (exact) mass is 595 g/mol. The van der Waals surface area contributed by atoms with Gasteiger partial charge in [-0.1, -0.05) is 0 Å². The molecule has 0 bridgehead atoms. The Hall–Kier alpha value is -1.50. The molecule has 1 aromatic carbocycles. The van der Waals surface area contributed by atoms with Crippen LogP contribution in [-0.2, 0) is 20.7 Å². The topological polar surface area (TPSA) is 64.6 Å². The van der Waals surface area contributed by atoms with E-state index in [4.69, 9.17) is 9.47 Å². The molecule has 0 aromatic heterocycles. The summed E-state index contributed by atoms with van der Waals surface area (Å²) in [5.41, 5.74) is 1.05. The molecule has 1 aromatic rings. The number of rotatable bonds is 15. The number of methoxy groups -OCH3 is 1. The summed E-state index contributed by atoms with van der Waals surface area (Å²) in [5, 5.41) is 3.03. The number of alkyl carbamates (subject to hydrolysis) is 1. The predicted octanol–water partition coefficient (Wildman–Crippen LogP) is 7.61. The molecule has 0 unspecified atom stereocenters. The van der Waals surface area contributed by atoms with Crippen molar-refractivity contribution < 1.29 is 19.1 Å². The summed E-state index contributed by atoms with van der Waals surface area (Å²) in [4.78, 5) is 26.1. The van der Waals surface area contributed by atoms with Crippen LogP contribution >= 0.6 is 0 Å². The van der Waals surface area contributed by atoms with Crippen molar-refractivity contribution in [3.8, 4) is 0 Å². The maximum atomic E-state index is 13.3. The zero-order valence-electron chi connectivity index (χ0n) is 23.2. The van der Waals surface area contributed by atoms with E-state index in [1.807, 2.05) is 51.1 Å². The minimum atomic E-state index is -2.87. The van der Waals surface area contributed by atoms with E-state index >= 15 is 0 Å². The van der Waals surface area contributed by atoms with Crippen LogP contribution in [0.3, 0.4) is 0 Å². The number of unbranched alkanes of at least 4 members (excludes halogenated alkanes) is 3. The maximum absolute atomic E-state index is 13.3. The van der Waals surface area contributed by atoms with Gasteiger partial charge in [-0.05, 0) is 0 Å². The van der Waals surface area contributed by atoms with Crippen molar-refractivity contribution in [1.29, 1.82) is 0 Å². The third-order valence-electron chi connectivity index (χ3n) is 6.32. The quantitative estimate of drug-likeness (QED) is 0.129. The van der Waals surface area contributed by atoms with Gasteiger partial charge in [-0.3, -0.25) is 0 Å². The standard InChI is InChI=1S/C17H22NO4.3C4H9.Sn/c1-12(15(19)21-5)14(11-13-9-7-6-8-10-13)18-16(20)22-17(2,3)4;3*1-3-4-2;/h1,6-10,14H,11H2,2-5H3,(H,18,20);3*1,3-4H2,2H3;/t14-;;;;/m0..../s1. The predicted molar refractivity (Wildman–Crippen MR) is 148 cm³/mol. The van der Waals surface area contributed by atoms with E-state index in [1.54, 1.807) is 0 Å². The number of hydrogen-bond donors (Lipinski definition) is 1. The summed E-state index contributed by atoms with van der Waals surface area (Å²) >= 11 is -2.87.